The molecule has 0 saturated heterocycles. The van der Waals surface area contributed by atoms with Gasteiger partial charge in [0.15, 0.2) is 4.90 Å². The van der Waals surface area contributed by atoms with Crippen molar-refractivity contribution in [2.75, 3.05) is 18.5 Å². The van der Waals surface area contributed by atoms with Gasteiger partial charge in [-0.05, 0) is 24.8 Å². The Balaban J connectivity index is 2.89. The smallest absolute Gasteiger partial charge is 0.246 e. The monoisotopic (exact) mass is 310 g/mol. The summed E-state index contributed by atoms with van der Waals surface area (Å²) in [4.78, 5) is -0.987. The second-order valence-corrected chi connectivity index (χ2v) is 7.03. The Labute approximate surface area is 115 Å². The molecular weight excluding hydrogens is 294 g/mol. The van der Waals surface area contributed by atoms with E-state index in [1.807, 2.05) is 13.2 Å². The first-order valence-corrected chi connectivity index (χ1v) is 8.32. The lowest BCUT2D eigenvalue weighted by Crippen LogP contribution is -2.28. The van der Waals surface area contributed by atoms with E-state index in [4.69, 9.17) is 5.73 Å². The number of rotatable bonds is 6. The Kier molecular flexibility index (Phi) is 5.57. The van der Waals surface area contributed by atoms with Gasteiger partial charge in [0.1, 0.15) is 11.6 Å². The van der Waals surface area contributed by atoms with Gasteiger partial charge in [-0.1, -0.05) is 6.92 Å². The third kappa shape index (κ3) is 4.32. The number of hydrogen-bond acceptors (Lipinski definition) is 4. The van der Waals surface area contributed by atoms with E-state index in [0.29, 0.717) is 6.42 Å². The lowest BCUT2D eigenvalue weighted by Gasteiger charge is -2.11. The Bertz CT molecular complexity index is 527. The minimum atomic E-state index is -4.21. The number of thioether (sulfide) groups is 1. The minimum absolute atomic E-state index is 0.119. The number of hydrogen-bond donors (Lipinski definition) is 2. The van der Waals surface area contributed by atoms with Crippen molar-refractivity contribution in [2.24, 2.45) is 0 Å². The second kappa shape index (κ2) is 6.53. The van der Waals surface area contributed by atoms with E-state index < -0.39 is 26.6 Å². The number of nitrogen functional groups attached to an aromatic ring is 1. The summed E-state index contributed by atoms with van der Waals surface area (Å²) in [5.74, 6) is -2.38. The lowest BCUT2D eigenvalue weighted by atomic mass is 10.3. The quantitative estimate of drug-likeness (QED) is 0.788. The molecule has 8 heteroatoms. The maximum atomic E-state index is 13.5. The summed E-state index contributed by atoms with van der Waals surface area (Å²) in [5.41, 5.74) is 5.07. The van der Waals surface area contributed by atoms with Crippen LogP contribution in [0.25, 0.3) is 0 Å². The van der Waals surface area contributed by atoms with E-state index >= 15 is 0 Å². The van der Waals surface area contributed by atoms with Crippen molar-refractivity contribution < 1.29 is 17.2 Å². The zero-order valence-electron chi connectivity index (χ0n) is 10.6. The molecular formula is C11H16F2N2O2S2. The van der Waals surface area contributed by atoms with E-state index in [9.17, 15) is 17.2 Å². The molecule has 0 bridgehead atoms. The van der Waals surface area contributed by atoms with E-state index in [-0.39, 0.29) is 17.5 Å². The van der Waals surface area contributed by atoms with Gasteiger partial charge in [0.25, 0.3) is 0 Å². The van der Waals surface area contributed by atoms with Crippen LogP contribution < -0.4 is 10.5 Å². The Morgan fingerprint density at radius 2 is 1.89 bits per heavy atom. The molecule has 4 nitrogen and oxygen atoms in total. The third-order valence-corrected chi connectivity index (χ3v) is 5.09. The van der Waals surface area contributed by atoms with Gasteiger partial charge >= 0.3 is 0 Å². The first kappa shape index (κ1) is 16.2. The van der Waals surface area contributed by atoms with Gasteiger partial charge in [-0.3, -0.25) is 0 Å². The van der Waals surface area contributed by atoms with Gasteiger partial charge < -0.3 is 5.73 Å². The third-order valence-electron chi connectivity index (χ3n) is 2.53. The Morgan fingerprint density at radius 1 is 1.37 bits per heavy atom. The molecule has 1 aromatic rings. The van der Waals surface area contributed by atoms with E-state index in [1.54, 1.807) is 11.8 Å². The molecule has 0 saturated carbocycles. The van der Waals surface area contributed by atoms with E-state index in [0.717, 1.165) is 12.1 Å². The Morgan fingerprint density at radius 3 is 2.37 bits per heavy atom. The van der Waals surface area contributed by atoms with E-state index in [1.165, 1.54) is 0 Å². The van der Waals surface area contributed by atoms with Crippen LogP contribution in [0.5, 0.6) is 0 Å². The fourth-order valence-corrected chi connectivity index (χ4v) is 2.94. The first-order valence-electron chi connectivity index (χ1n) is 5.55. The summed E-state index contributed by atoms with van der Waals surface area (Å²) in [7, 11) is -4.21. The average Bonchev–Trinajstić information content (AvgIpc) is 2.26. The van der Waals surface area contributed by atoms with Gasteiger partial charge in [-0.15, -0.1) is 0 Å². The maximum absolute atomic E-state index is 13.5. The second-order valence-electron chi connectivity index (χ2n) is 4.05. The highest BCUT2D eigenvalue weighted by atomic mass is 32.2. The molecule has 1 atom stereocenters. The van der Waals surface area contributed by atoms with Crippen LogP contribution in [0.15, 0.2) is 17.0 Å². The molecule has 0 aliphatic heterocycles. The average molecular weight is 310 g/mol. The van der Waals surface area contributed by atoms with Crippen molar-refractivity contribution in [3.05, 3.63) is 23.8 Å². The maximum Gasteiger partial charge on any atom is 0.246 e. The van der Waals surface area contributed by atoms with Crippen molar-refractivity contribution >= 4 is 27.5 Å². The van der Waals surface area contributed by atoms with Gasteiger partial charge in [0.2, 0.25) is 10.0 Å². The fourth-order valence-electron chi connectivity index (χ4n) is 1.42. The predicted molar refractivity (Wildman–Crippen MR) is 73.6 cm³/mol. The van der Waals surface area contributed by atoms with Crippen molar-refractivity contribution in [1.82, 2.24) is 4.72 Å². The SMILES string of the molecule is CSC(C)CCNS(=O)(=O)c1c(F)cc(N)cc1F. The van der Waals surface area contributed by atoms with Crippen molar-refractivity contribution in [2.45, 2.75) is 23.5 Å². The first-order chi connectivity index (χ1) is 8.77. The Hall–Kier alpha value is -0.860. The topological polar surface area (TPSA) is 72.2 Å². The largest absolute Gasteiger partial charge is 0.399 e. The summed E-state index contributed by atoms with van der Waals surface area (Å²) in [5, 5.41) is 0.254. The van der Waals surface area contributed by atoms with Crippen LogP contribution in [0.2, 0.25) is 0 Å². The van der Waals surface area contributed by atoms with E-state index in [2.05, 4.69) is 4.72 Å². The summed E-state index contributed by atoms with van der Waals surface area (Å²) >= 11 is 1.58. The highest BCUT2D eigenvalue weighted by molar-refractivity contribution is 7.99. The van der Waals surface area contributed by atoms with Crippen LogP contribution in [0.3, 0.4) is 0 Å². The number of nitrogens with one attached hydrogen (secondary N) is 1. The molecule has 0 radical (unpaired) electrons. The highest BCUT2D eigenvalue weighted by Gasteiger charge is 2.24. The molecule has 19 heavy (non-hydrogen) atoms. The van der Waals surface area contributed by atoms with Crippen molar-refractivity contribution in [3.8, 4) is 0 Å². The lowest BCUT2D eigenvalue weighted by molar-refractivity contribution is 0.514. The van der Waals surface area contributed by atoms with Gasteiger partial charge in [0, 0.05) is 17.5 Å². The number of anilines is 1. The van der Waals surface area contributed by atoms with Gasteiger partial charge in [-0.25, -0.2) is 21.9 Å². The molecule has 0 aromatic heterocycles. The summed E-state index contributed by atoms with van der Waals surface area (Å²) < 4.78 is 52.8. The normalized spacial score (nSPS) is 13.5. The molecule has 1 unspecified atom stereocenters. The molecule has 1 aromatic carbocycles. The number of nitrogens with two attached hydrogens (primary N) is 1. The van der Waals surface area contributed by atoms with Crippen LogP contribution in [0, 0.1) is 11.6 Å². The van der Waals surface area contributed by atoms with Crippen LogP contribution >= 0.6 is 11.8 Å². The number of sulfonamides is 1. The van der Waals surface area contributed by atoms with Crippen molar-refractivity contribution in [3.63, 3.8) is 0 Å². The molecule has 0 fully saturated rings. The summed E-state index contributed by atoms with van der Waals surface area (Å²) in [6, 6.07) is 1.56. The molecule has 0 amide bonds. The van der Waals surface area contributed by atoms with Gasteiger partial charge in [-0.2, -0.15) is 11.8 Å². The molecule has 0 spiro atoms. The molecule has 0 aliphatic carbocycles. The van der Waals surface area contributed by atoms with Gasteiger partial charge in [0.05, 0.1) is 0 Å². The fraction of sp³-hybridized carbons (Fsp3) is 0.455. The molecule has 1 rings (SSSR count). The zero-order valence-corrected chi connectivity index (χ0v) is 12.2. The minimum Gasteiger partial charge on any atom is -0.399 e. The standard InChI is InChI=1S/C11H16F2N2O2S2/c1-7(18-2)3-4-15-19(16,17)11-9(12)5-8(14)6-10(11)13/h5-7,15H,3-4,14H2,1-2H3. The summed E-state index contributed by atoms with van der Waals surface area (Å²) in [6.45, 7) is 2.05. The summed E-state index contributed by atoms with van der Waals surface area (Å²) in [6.07, 6.45) is 2.47. The highest BCUT2D eigenvalue weighted by Crippen LogP contribution is 2.21. The predicted octanol–water partition coefficient (Wildman–Crippen LogP) is 1.97. The molecule has 108 valence electrons. The molecule has 0 aliphatic rings. The molecule has 0 heterocycles. The molecule has 3 N–H and O–H groups in total. The van der Waals surface area contributed by atoms with Crippen LogP contribution in [-0.2, 0) is 10.0 Å². The van der Waals surface area contributed by atoms with Crippen molar-refractivity contribution in [1.29, 1.82) is 0 Å². The van der Waals surface area contributed by atoms with Crippen LogP contribution in [0.4, 0.5) is 14.5 Å². The van der Waals surface area contributed by atoms with Crippen LogP contribution in [0.1, 0.15) is 13.3 Å². The number of halogens is 2. The number of benzene rings is 1. The van der Waals surface area contributed by atoms with Crippen LogP contribution in [-0.4, -0.2) is 26.5 Å². The zero-order chi connectivity index (χ0) is 14.6.